The van der Waals surface area contributed by atoms with Gasteiger partial charge in [0, 0.05) is 11.3 Å². The molecule has 2 heterocycles. The maximum Gasteiger partial charge on any atom is 0.423 e. The summed E-state index contributed by atoms with van der Waals surface area (Å²) in [7, 11) is 1.17. The molecule has 6 rings (SSSR count). The number of phenolic OH excluding ortho intramolecular Hbond substituents is 1. The number of carbonyl (C=O) groups is 3. The van der Waals surface area contributed by atoms with Crippen LogP contribution in [0.25, 0.3) is 16.8 Å². The zero-order valence-corrected chi connectivity index (χ0v) is 25.0. The van der Waals surface area contributed by atoms with Crippen molar-refractivity contribution in [3.63, 3.8) is 0 Å². The van der Waals surface area contributed by atoms with Crippen LogP contribution in [-0.4, -0.2) is 54.3 Å². The molecule has 4 atom stereocenters. The number of hydrogen-bond donors (Lipinski definition) is 1. The van der Waals surface area contributed by atoms with Crippen LogP contribution in [0.5, 0.6) is 11.5 Å². The number of amides is 3. The molecule has 44 heavy (non-hydrogen) atoms. The molecule has 0 unspecified atom stereocenters. The van der Waals surface area contributed by atoms with Crippen molar-refractivity contribution in [2.75, 3.05) is 20.3 Å². The number of likely N-dealkylation sites (tertiary alicyclic amines) is 1. The molecule has 1 N–H and O–H groups in total. The summed E-state index contributed by atoms with van der Waals surface area (Å²) < 4.78 is 17.3. The second-order valence-electron chi connectivity index (χ2n) is 11.7. The number of allylic oxidation sites excluding steroid dienone is 1. The summed E-state index contributed by atoms with van der Waals surface area (Å²) in [5.74, 6) is -1.65. The van der Waals surface area contributed by atoms with E-state index in [1.807, 2.05) is 60.7 Å². The molecule has 3 amide bonds. The molecule has 2 aliphatic heterocycles. The third kappa shape index (κ3) is 5.50. The molecule has 0 spiro atoms. The van der Waals surface area contributed by atoms with Gasteiger partial charge >= 0.3 is 6.09 Å². The number of rotatable bonds is 9. The largest absolute Gasteiger partial charge is 0.507 e. The van der Waals surface area contributed by atoms with Crippen LogP contribution in [0.15, 0.2) is 83.4 Å². The summed E-state index contributed by atoms with van der Waals surface area (Å²) in [6, 6.07) is 21.0. The van der Waals surface area contributed by atoms with Crippen molar-refractivity contribution in [3.8, 4) is 11.5 Å². The van der Waals surface area contributed by atoms with E-state index in [0.717, 1.165) is 46.7 Å². The number of para-hydroxylation sites is 1. The number of phenols is 1. The normalized spacial score (nSPS) is 23.2. The first-order valence-corrected chi connectivity index (χ1v) is 15.3. The lowest BCUT2D eigenvalue weighted by molar-refractivity contribution is -0.137. The molecule has 228 valence electrons. The van der Waals surface area contributed by atoms with Crippen LogP contribution in [0.2, 0.25) is 0 Å². The Bertz CT molecular complexity index is 1640. The Labute approximate surface area is 256 Å². The monoisotopic (exact) mass is 595 g/mol. The number of fused-ring (bicyclic) bond motifs is 4. The highest BCUT2D eigenvalue weighted by atomic mass is 16.5. The van der Waals surface area contributed by atoms with Crippen LogP contribution in [0.3, 0.4) is 0 Å². The standard InChI is InChI=1S/C36H37NO7/c1-3-9-22(18-23-15-16-30(38)27-13-8-7-12-26(23)27)14-17-31-32-24(20-43-25-10-5-4-6-11-25)19-28-33(29(32)21-44-31)35(40)37(34(28)39)36(41)42-2/h4-8,10-13,15-16,18,28-29,31,33,38H,3,9,14,17,19-21H2,1-2H3/b22-18+/t28-,29+,31-,33-/m1/s1. The SMILES string of the molecule is CCC/C(=C\c1ccc(O)c2ccccc12)CC[C@H]1OC[C@H]2C1=C(COc1ccccc1)C[C@H]1C(=O)N(C(=O)OC)C(=O)[C@H]12. The van der Waals surface area contributed by atoms with Crippen molar-refractivity contribution in [3.05, 3.63) is 89.0 Å². The lowest BCUT2D eigenvalue weighted by atomic mass is 9.69. The predicted molar refractivity (Wildman–Crippen MR) is 166 cm³/mol. The van der Waals surface area contributed by atoms with Gasteiger partial charge in [0.15, 0.2) is 0 Å². The van der Waals surface area contributed by atoms with Gasteiger partial charge in [-0.05, 0) is 66.0 Å². The zero-order chi connectivity index (χ0) is 30.8. The second kappa shape index (κ2) is 12.7. The molecule has 0 saturated carbocycles. The highest BCUT2D eigenvalue weighted by molar-refractivity contribution is 6.16. The summed E-state index contributed by atoms with van der Waals surface area (Å²) in [5.41, 5.74) is 4.32. The van der Waals surface area contributed by atoms with Crippen LogP contribution in [-0.2, 0) is 19.1 Å². The van der Waals surface area contributed by atoms with E-state index in [-0.39, 0.29) is 24.4 Å². The van der Waals surface area contributed by atoms with Gasteiger partial charge in [-0.1, -0.05) is 73.5 Å². The number of benzene rings is 3. The number of methoxy groups -OCH3 is 1. The fraction of sp³-hybridized carbons (Fsp3) is 0.361. The highest BCUT2D eigenvalue weighted by Gasteiger charge is 2.59. The van der Waals surface area contributed by atoms with Crippen molar-refractivity contribution < 1.29 is 33.7 Å². The van der Waals surface area contributed by atoms with Crippen LogP contribution in [0.4, 0.5) is 4.79 Å². The number of nitrogens with zero attached hydrogens (tertiary/aromatic N) is 1. The molecule has 2 saturated heterocycles. The number of imide groups is 3. The summed E-state index contributed by atoms with van der Waals surface area (Å²) in [5, 5.41) is 12.2. The summed E-state index contributed by atoms with van der Waals surface area (Å²) in [6.45, 7) is 2.73. The van der Waals surface area contributed by atoms with Gasteiger partial charge in [0.1, 0.15) is 18.1 Å². The van der Waals surface area contributed by atoms with Gasteiger partial charge in [-0.25, -0.2) is 4.79 Å². The highest BCUT2D eigenvalue weighted by Crippen LogP contribution is 2.50. The molecule has 8 heteroatoms. The van der Waals surface area contributed by atoms with Crippen LogP contribution in [0.1, 0.15) is 44.6 Å². The summed E-state index contributed by atoms with van der Waals surface area (Å²) in [4.78, 5) is 39.8. The third-order valence-corrected chi connectivity index (χ3v) is 9.11. The van der Waals surface area contributed by atoms with Crippen LogP contribution >= 0.6 is 0 Å². The number of aromatic hydroxyl groups is 1. The van der Waals surface area contributed by atoms with E-state index in [1.54, 1.807) is 6.07 Å². The van der Waals surface area contributed by atoms with E-state index in [9.17, 15) is 19.5 Å². The van der Waals surface area contributed by atoms with Crippen LogP contribution in [0, 0.1) is 17.8 Å². The molecule has 3 aromatic rings. The number of ether oxygens (including phenoxy) is 3. The Morgan fingerprint density at radius 2 is 1.73 bits per heavy atom. The molecule has 0 aromatic heterocycles. The zero-order valence-electron chi connectivity index (χ0n) is 25.0. The van der Waals surface area contributed by atoms with Crippen molar-refractivity contribution >= 4 is 34.8 Å². The van der Waals surface area contributed by atoms with E-state index in [0.29, 0.717) is 30.1 Å². The Balaban J connectivity index is 1.29. The molecule has 0 bridgehead atoms. The van der Waals surface area contributed by atoms with Crippen molar-refractivity contribution in [1.82, 2.24) is 4.90 Å². The van der Waals surface area contributed by atoms with E-state index in [4.69, 9.17) is 14.2 Å². The summed E-state index contributed by atoms with van der Waals surface area (Å²) >= 11 is 0. The minimum Gasteiger partial charge on any atom is -0.507 e. The Kier molecular flexibility index (Phi) is 8.53. The van der Waals surface area contributed by atoms with E-state index < -0.39 is 29.7 Å². The molecule has 3 aliphatic rings. The third-order valence-electron chi connectivity index (χ3n) is 9.11. The van der Waals surface area contributed by atoms with Gasteiger partial charge in [0.25, 0.3) is 0 Å². The Morgan fingerprint density at radius 1 is 0.977 bits per heavy atom. The Hall–Kier alpha value is -4.43. The summed E-state index contributed by atoms with van der Waals surface area (Å²) in [6.07, 6.45) is 4.77. The molecule has 3 aromatic carbocycles. The fourth-order valence-corrected chi connectivity index (χ4v) is 7.12. The van der Waals surface area contributed by atoms with Crippen LogP contribution < -0.4 is 4.74 Å². The van der Waals surface area contributed by atoms with Gasteiger partial charge in [0.2, 0.25) is 11.8 Å². The fourth-order valence-electron chi connectivity index (χ4n) is 7.12. The van der Waals surface area contributed by atoms with E-state index in [2.05, 4.69) is 13.0 Å². The minimum absolute atomic E-state index is 0.234. The first-order chi connectivity index (χ1) is 21.4. The molecular formula is C36H37NO7. The quantitative estimate of drug-likeness (QED) is 0.218. The molecular weight excluding hydrogens is 558 g/mol. The van der Waals surface area contributed by atoms with Gasteiger partial charge in [0.05, 0.1) is 31.7 Å². The van der Waals surface area contributed by atoms with Crippen molar-refractivity contribution in [2.45, 2.75) is 45.1 Å². The van der Waals surface area contributed by atoms with Crippen molar-refractivity contribution in [1.29, 1.82) is 0 Å². The minimum atomic E-state index is -0.940. The van der Waals surface area contributed by atoms with Gasteiger partial charge in [-0.3, -0.25) is 9.59 Å². The maximum atomic E-state index is 13.4. The number of hydrogen-bond acceptors (Lipinski definition) is 7. The average molecular weight is 596 g/mol. The van der Waals surface area contributed by atoms with E-state index in [1.165, 1.54) is 12.7 Å². The average Bonchev–Trinajstić information content (AvgIpc) is 3.58. The van der Waals surface area contributed by atoms with Crippen molar-refractivity contribution in [2.24, 2.45) is 17.8 Å². The topological polar surface area (TPSA) is 102 Å². The first-order valence-electron chi connectivity index (χ1n) is 15.3. The second-order valence-corrected chi connectivity index (χ2v) is 11.7. The van der Waals surface area contributed by atoms with E-state index >= 15 is 0 Å². The molecule has 8 nitrogen and oxygen atoms in total. The lowest BCUT2D eigenvalue weighted by Crippen LogP contribution is -2.38. The maximum absolute atomic E-state index is 13.4. The molecule has 2 fully saturated rings. The number of carbonyl (C=O) groups excluding carboxylic acids is 3. The molecule has 0 radical (unpaired) electrons. The first kappa shape index (κ1) is 29.6. The van der Waals surface area contributed by atoms with Gasteiger partial charge < -0.3 is 19.3 Å². The molecule has 1 aliphatic carbocycles. The van der Waals surface area contributed by atoms with Gasteiger partial charge in [-0.2, -0.15) is 4.90 Å². The predicted octanol–water partition coefficient (Wildman–Crippen LogP) is 6.67. The smallest absolute Gasteiger partial charge is 0.423 e. The van der Waals surface area contributed by atoms with Gasteiger partial charge in [-0.15, -0.1) is 0 Å². The lowest BCUT2D eigenvalue weighted by Gasteiger charge is -2.31. The Morgan fingerprint density at radius 3 is 2.48 bits per heavy atom.